The van der Waals surface area contributed by atoms with Crippen LogP contribution in [0.1, 0.15) is 6.42 Å². The van der Waals surface area contributed by atoms with Crippen LogP contribution in [0.25, 0.3) is 0 Å². The summed E-state index contributed by atoms with van der Waals surface area (Å²) < 4.78 is 25.0. The van der Waals surface area contributed by atoms with Crippen molar-refractivity contribution in [2.75, 3.05) is 7.05 Å². The highest BCUT2D eigenvalue weighted by Gasteiger charge is 2.43. The number of aliphatic carboxylic acids is 1. The Hall–Kier alpha value is -1.55. The molecule has 0 saturated heterocycles. The maximum atomic E-state index is 11.9. The molecular formula is C7H7N3O5S2. The number of carboxylic acids is 1. The predicted molar refractivity (Wildman–Crippen MR) is 59.3 cm³/mol. The number of hydrogen-bond acceptors (Lipinski definition) is 5. The zero-order valence-corrected chi connectivity index (χ0v) is 10.2. The molecule has 0 saturated carbocycles. The molecule has 17 heavy (non-hydrogen) atoms. The highest BCUT2D eigenvalue weighted by molar-refractivity contribution is 8.17. The Morgan fingerprint density at radius 1 is 1.59 bits per heavy atom. The van der Waals surface area contributed by atoms with Crippen LogP contribution in [-0.2, 0) is 15.0 Å². The molecule has 0 bridgehead atoms. The van der Waals surface area contributed by atoms with Gasteiger partial charge in [0, 0.05) is 12.5 Å². The van der Waals surface area contributed by atoms with Crippen molar-refractivity contribution in [2.24, 2.45) is 4.99 Å². The van der Waals surface area contributed by atoms with Gasteiger partial charge in [0.2, 0.25) is 0 Å². The van der Waals surface area contributed by atoms with Crippen molar-refractivity contribution in [3.63, 3.8) is 0 Å². The molecule has 0 aromatic carbocycles. The van der Waals surface area contributed by atoms with E-state index in [1.165, 1.54) is 5.41 Å². The zero-order valence-electron chi connectivity index (χ0n) is 8.52. The third kappa shape index (κ3) is 1.78. The van der Waals surface area contributed by atoms with Crippen molar-refractivity contribution in [3.8, 4) is 0 Å². The Morgan fingerprint density at radius 3 is 2.82 bits per heavy atom. The fraction of sp³-hybridized carbons (Fsp3) is 0.286. The van der Waals surface area contributed by atoms with Crippen LogP contribution in [0.15, 0.2) is 16.1 Å². The van der Waals surface area contributed by atoms with Crippen LogP contribution in [0.3, 0.4) is 0 Å². The maximum Gasteiger partial charge on any atom is 0.360 e. The lowest BCUT2D eigenvalue weighted by Crippen LogP contribution is -2.48. The van der Waals surface area contributed by atoms with Gasteiger partial charge in [0.1, 0.15) is 0 Å². The van der Waals surface area contributed by atoms with E-state index in [0.29, 0.717) is 4.31 Å². The fourth-order valence-corrected chi connectivity index (χ4v) is 3.69. The molecule has 2 aliphatic heterocycles. The van der Waals surface area contributed by atoms with E-state index in [9.17, 15) is 18.0 Å². The number of carbonyl (C=O) groups excluding carboxylic acids is 1. The summed E-state index contributed by atoms with van der Waals surface area (Å²) in [7, 11) is -2.98. The van der Waals surface area contributed by atoms with Gasteiger partial charge >= 0.3 is 22.2 Å². The van der Waals surface area contributed by atoms with Crippen molar-refractivity contribution in [1.82, 2.24) is 8.61 Å². The van der Waals surface area contributed by atoms with Gasteiger partial charge in [-0.1, -0.05) is 11.8 Å². The second-order valence-electron chi connectivity index (χ2n) is 3.21. The van der Waals surface area contributed by atoms with Crippen LogP contribution in [-0.4, -0.2) is 46.4 Å². The maximum absolute atomic E-state index is 11.9. The fourth-order valence-electron chi connectivity index (χ4n) is 1.30. The third-order valence-corrected chi connectivity index (χ3v) is 4.81. The number of urea groups is 1. The van der Waals surface area contributed by atoms with E-state index < -0.39 is 28.6 Å². The second kappa shape index (κ2) is 3.74. The molecule has 2 rings (SSSR count). The van der Waals surface area contributed by atoms with Gasteiger partial charge in [-0.15, -0.1) is 0 Å². The first-order valence-electron chi connectivity index (χ1n) is 4.33. The summed E-state index contributed by atoms with van der Waals surface area (Å²) in [5, 5.41) is 9.98. The van der Waals surface area contributed by atoms with Crippen LogP contribution in [0.5, 0.6) is 0 Å². The van der Waals surface area contributed by atoms with Gasteiger partial charge < -0.3 is 5.11 Å². The summed E-state index contributed by atoms with van der Waals surface area (Å²) in [6.45, 7) is 0. The van der Waals surface area contributed by atoms with Crippen molar-refractivity contribution in [2.45, 2.75) is 6.42 Å². The summed E-state index contributed by atoms with van der Waals surface area (Å²) in [5.74, 6) is -1.16. The Kier molecular flexibility index (Phi) is 2.62. The quantitative estimate of drug-likeness (QED) is 0.762. The number of thioether (sulfide) groups is 1. The highest BCUT2D eigenvalue weighted by atomic mass is 32.2. The monoisotopic (exact) mass is 277 g/mol. The number of nitrogens with zero attached hydrogens (tertiary/aromatic N) is 3. The SMILES string of the molecule is CN1C(=O)N=C2SC=C(CC(=O)O)N2S1(=O)=O. The Balaban J connectivity index is 2.46. The van der Waals surface area contributed by atoms with Gasteiger partial charge in [0.25, 0.3) is 0 Å². The minimum atomic E-state index is -4.05. The van der Waals surface area contributed by atoms with Gasteiger partial charge in [-0.05, 0) is 0 Å². The lowest BCUT2D eigenvalue weighted by Gasteiger charge is -2.29. The number of carbonyl (C=O) groups is 2. The topological polar surface area (TPSA) is 107 Å². The predicted octanol–water partition coefficient (Wildman–Crippen LogP) is 0.0175. The first-order valence-corrected chi connectivity index (χ1v) is 6.61. The molecule has 0 fully saturated rings. The van der Waals surface area contributed by atoms with E-state index in [4.69, 9.17) is 5.11 Å². The molecule has 0 unspecified atom stereocenters. The Labute approximate surface area is 101 Å². The molecular weight excluding hydrogens is 270 g/mol. The smallest absolute Gasteiger partial charge is 0.360 e. The molecule has 1 N–H and O–H groups in total. The number of amidine groups is 1. The van der Waals surface area contributed by atoms with Gasteiger partial charge in [-0.2, -0.15) is 13.4 Å². The van der Waals surface area contributed by atoms with E-state index in [1.807, 2.05) is 0 Å². The third-order valence-electron chi connectivity index (χ3n) is 2.10. The zero-order chi connectivity index (χ0) is 12.8. The van der Waals surface area contributed by atoms with E-state index in [2.05, 4.69) is 4.99 Å². The van der Waals surface area contributed by atoms with Crippen molar-refractivity contribution in [3.05, 3.63) is 11.1 Å². The molecule has 2 amide bonds. The van der Waals surface area contributed by atoms with E-state index in [-0.39, 0.29) is 10.9 Å². The van der Waals surface area contributed by atoms with E-state index >= 15 is 0 Å². The molecule has 0 aromatic heterocycles. The van der Waals surface area contributed by atoms with Gasteiger partial charge in [0.05, 0.1) is 12.1 Å². The molecule has 92 valence electrons. The highest BCUT2D eigenvalue weighted by Crippen LogP contribution is 2.34. The van der Waals surface area contributed by atoms with Gasteiger partial charge in [0.15, 0.2) is 5.17 Å². The van der Waals surface area contributed by atoms with Crippen LogP contribution in [0.4, 0.5) is 4.79 Å². The van der Waals surface area contributed by atoms with Crippen LogP contribution in [0, 0.1) is 0 Å². The van der Waals surface area contributed by atoms with E-state index in [0.717, 1.165) is 23.1 Å². The number of fused-ring (bicyclic) bond motifs is 1. The van der Waals surface area contributed by atoms with Crippen molar-refractivity contribution >= 4 is 39.1 Å². The normalized spacial score (nSPS) is 22.1. The van der Waals surface area contributed by atoms with Crippen LogP contribution < -0.4 is 0 Å². The van der Waals surface area contributed by atoms with Gasteiger partial charge in [-0.25, -0.2) is 13.4 Å². The molecule has 0 aromatic rings. The Morgan fingerprint density at radius 2 is 2.24 bits per heavy atom. The summed E-state index contributed by atoms with van der Waals surface area (Å²) in [4.78, 5) is 25.4. The Bertz CT molecular complexity index is 564. The summed E-state index contributed by atoms with van der Waals surface area (Å²) in [6, 6.07) is -0.895. The first-order chi connectivity index (χ1) is 7.84. The number of aliphatic imine (C=N–C) groups is 1. The largest absolute Gasteiger partial charge is 0.481 e. The lowest BCUT2D eigenvalue weighted by molar-refractivity contribution is -0.136. The average Bonchev–Trinajstić information content (AvgIpc) is 2.58. The lowest BCUT2D eigenvalue weighted by atomic mass is 10.3. The molecule has 0 aliphatic carbocycles. The molecule has 8 nitrogen and oxygen atoms in total. The molecule has 0 radical (unpaired) electrons. The van der Waals surface area contributed by atoms with Crippen molar-refractivity contribution in [1.29, 1.82) is 0 Å². The summed E-state index contributed by atoms with van der Waals surface area (Å²) in [6.07, 6.45) is -0.451. The molecule has 10 heteroatoms. The number of carboxylic acid groups (broad SMARTS) is 1. The first kappa shape index (κ1) is 11.9. The van der Waals surface area contributed by atoms with E-state index in [1.54, 1.807) is 0 Å². The summed E-state index contributed by atoms with van der Waals surface area (Å²) in [5.41, 5.74) is 0.0700. The molecule has 0 atom stereocenters. The minimum Gasteiger partial charge on any atom is -0.481 e. The molecule has 0 spiro atoms. The van der Waals surface area contributed by atoms with Crippen LogP contribution >= 0.6 is 11.8 Å². The van der Waals surface area contributed by atoms with Crippen molar-refractivity contribution < 1.29 is 23.1 Å². The standard InChI is InChI=1S/C7H7N3O5S2/c1-9-6(13)8-7-10(17(9,14)15)4(3-16-7)2-5(11)12/h3H,2H2,1H3,(H,11,12). The summed E-state index contributed by atoms with van der Waals surface area (Å²) >= 11 is 0.908. The van der Waals surface area contributed by atoms with Crippen LogP contribution in [0.2, 0.25) is 0 Å². The average molecular weight is 277 g/mol. The molecule has 2 heterocycles. The number of hydrogen-bond donors (Lipinski definition) is 1. The number of rotatable bonds is 2. The van der Waals surface area contributed by atoms with Gasteiger partial charge in [-0.3, -0.25) is 4.79 Å². The molecule has 2 aliphatic rings. The number of amides is 2. The second-order valence-corrected chi connectivity index (χ2v) is 5.86. The minimum absolute atomic E-state index is 0.0376.